The molecule has 0 radical (unpaired) electrons. The molecule has 1 saturated heterocycles. The van der Waals surface area contributed by atoms with E-state index in [2.05, 4.69) is 13.5 Å². The van der Waals surface area contributed by atoms with Crippen molar-refractivity contribution >= 4 is 12.1 Å². The molecule has 5 heteroatoms. The molecule has 0 N–H and O–H groups in total. The summed E-state index contributed by atoms with van der Waals surface area (Å²) < 4.78 is 10.2. The molecule has 1 amide bonds. The SMILES string of the molecule is C=CCOC(=O)N1CCC(C(=O)OCCCC)CC1. The molecular weight excluding hydrogens is 246 g/mol. The van der Waals surface area contributed by atoms with Crippen molar-refractivity contribution in [3.8, 4) is 0 Å². The van der Waals surface area contributed by atoms with Crippen LogP contribution in [-0.4, -0.2) is 43.3 Å². The van der Waals surface area contributed by atoms with Gasteiger partial charge in [0, 0.05) is 13.1 Å². The van der Waals surface area contributed by atoms with Crippen LogP contribution in [-0.2, 0) is 14.3 Å². The molecule has 0 aromatic rings. The van der Waals surface area contributed by atoms with E-state index in [1.54, 1.807) is 4.90 Å². The first-order chi connectivity index (χ1) is 9.19. The maximum absolute atomic E-state index is 11.8. The topological polar surface area (TPSA) is 55.8 Å². The van der Waals surface area contributed by atoms with E-state index in [1.807, 2.05) is 0 Å². The minimum Gasteiger partial charge on any atom is -0.465 e. The Morgan fingerprint density at radius 3 is 2.58 bits per heavy atom. The maximum atomic E-state index is 11.8. The lowest BCUT2D eigenvalue weighted by Gasteiger charge is -2.30. The van der Waals surface area contributed by atoms with E-state index in [0.29, 0.717) is 32.5 Å². The number of hydrogen-bond acceptors (Lipinski definition) is 4. The van der Waals surface area contributed by atoms with Crippen molar-refractivity contribution < 1.29 is 19.1 Å². The number of ether oxygens (including phenoxy) is 2. The average Bonchev–Trinajstić information content (AvgIpc) is 2.45. The number of hydrogen-bond donors (Lipinski definition) is 0. The number of carbonyl (C=O) groups excluding carboxylic acids is 2. The van der Waals surface area contributed by atoms with Crippen molar-refractivity contribution in [2.75, 3.05) is 26.3 Å². The van der Waals surface area contributed by atoms with E-state index in [9.17, 15) is 9.59 Å². The number of rotatable bonds is 6. The average molecular weight is 269 g/mol. The van der Waals surface area contributed by atoms with Gasteiger partial charge in [-0.3, -0.25) is 4.79 Å². The van der Waals surface area contributed by atoms with E-state index in [1.165, 1.54) is 6.08 Å². The third kappa shape index (κ3) is 5.32. The number of esters is 1. The summed E-state index contributed by atoms with van der Waals surface area (Å²) in [7, 11) is 0. The second-order valence-electron chi connectivity index (χ2n) is 4.65. The van der Waals surface area contributed by atoms with E-state index in [-0.39, 0.29) is 24.6 Å². The van der Waals surface area contributed by atoms with Crippen LogP contribution in [0.4, 0.5) is 4.79 Å². The predicted molar refractivity (Wildman–Crippen MR) is 71.7 cm³/mol. The molecular formula is C14H23NO4. The molecule has 5 nitrogen and oxygen atoms in total. The fourth-order valence-corrected chi connectivity index (χ4v) is 1.95. The standard InChI is InChI=1S/C14H23NO4/c1-3-5-11-18-13(16)12-6-8-15(9-7-12)14(17)19-10-4-2/h4,12H,2-3,5-11H2,1H3. The molecule has 0 bridgehead atoms. The Hall–Kier alpha value is -1.52. The zero-order chi connectivity index (χ0) is 14.1. The summed E-state index contributed by atoms with van der Waals surface area (Å²) in [5.41, 5.74) is 0. The quantitative estimate of drug-likeness (QED) is 0.422. The van der Waals surface area contributed by atoms with E-state index >= 15 is 0 Å². The predicted octanol–water partition coefficient (Wildman–Crippen LogP) is 2.36. The Balaban J connectivity index is 2.26. The molecule has 0 saturated carbocycles. The first-order valence-electron chi connectivity index (χ1n) is 6.88. The third-order valence-corrected chi connectivity index (χ3v) is 3.15. The molecule has 0 aromatic heterocycles. The van der Waals surface area contributed by atoms with Gasteiger partial charge >= 0.3 is 12.1 Å². The number of piperidine rings is 1. The van der Waals surface area contributed by atoms with Crippen molar-refractivity contribution in [3.63, 3.8) is 0 Å². The van der Waals surface area contributed by atoms with Crippen LogP contribution in [0, 0.1) is 5.92 Å². The van der Waals surface area contributed by atoms with Crippen molar-refractivity contribution in [3.05, 3.63) is 12.7 Å². The van der Waals surface area contributed by atoms with Crippen molar-refractivity contribution in [1.29, 1.82) is 0 Å². The van der Waals surface area contributed by atoms with Crippen LogP contribution in [0.1, 0.15) is 32.6 Å². The molecule has 1 rings (SSSR count). The minimum absolute atomic E-state index is 0.0830. The van der Waals surface area contributed by atoms with Gasteiger partial charge in [-0.15, -0.1) is 0 Å². The molecule has 0 aromatic carbocycles. The van der Waals surface area contributed by atoms with Crippen LogP contribution in [0.3, 0.4) is 0 Å². The van der Waals surface area contributed by atoms with E-state index < -0.39 is 0 Å². The second kappa shape index (κ2) is 8.56. The molecule has 19 heavy (non-hydrogen) atoms. The van der Waals surface area contributed by atoms with Gasteiger partial charge in [0.25, 0.3) is 0 Å². The summed E-state index contributed by atoms with van der Waals surface area (Å²) in [4.78, 5) is 25.0. The Labute approximate surface area is 114 Å². The minimum atomic E-state index is -0.335. The lowest BCUT2D eigenvalue weighted by Crippen LogP contribution is -2.41. The fraction of sp³-hybridized carbons (Fsp3) is 0.714. The van der Waals surface area contributed by atoms with E-state index in [0.717, 1.165) is 12.8 Å². The van der Waals surface area contributed by atoms with Gasteiger partial charge in [-0.1, -0.05) is 26.0 Å². The Bertz CT molecular complexity index is 309. The fourth-order valence-electron chi connectivity index (χ4n) is 1.95. The van der Waals surface area contributed by atoms with Crippen LogP contribution in [0.15, 0.2) is 12.7 Å². The first kappa shape index (κ1) is 15.5. The van der Waals surface area contributed by atoms with Crippen LogP contribution in [0.25, 0.3) is 0 Å². The molecule has 0 unspecified atom stereocenters. The summed E-state index contributed by atoms with van der Waals surface area (Å²) in [5.74, 6) is -0.215. The molecule has 0 spiro atoms. The number of likely N-dealkylation sites (tertiary alicyclic amines) is 1. The number of carbonyl (C=O) groups is 2. The van der Waals surface area contributed by atoms with Gasteiger partial charge in [0.1, 0.15) is 6.61 Å². The third-order valence-electron chi connectivity index (χ3n) is 3.15. The van der Waals surface area contributed by atoms with Crippen molar-refractivity contribution in [2.45, 2.75) is 32.6 Å². The summed E-state index contributed by atoms with van der Waals surface area (Å²) in [6.07, 6.45) is 4.41. The number of unbranched alkanes of at least 4 members (excludes halogenated alkanes) is 1. The summed E-state index contributed by atoms with van der Waals surface area (Å²) in [5, 5.41) is 0. The zero-order valence-electron chi connectivity index (χ0n) is 11.6. The smallest absolute Gasteiger partial charge is 0.410 e. The highest BCUT2D eigenvalue weighted by molar-refractivity contribution is 5.73. The van der Waals surface area contributed by atoms with Crippen molar-refractivity contribution in [1.82, 2.24) is 4.90 Å². The highest BCUT2D eigenvalue weighted by Gasteiger charge is 2.28. The number of nitrogens with zero attached hydrogens (tertiary/aromatic N) is 1. The van der Waals surface area contributed by atoms with Gasteiger partial charge in [0.05, 0.1) is 12.5 Å². The van der Waals surface area contributed by atoms with Crippen LogP contribution in [0.5, 0.6) is 0 Å². The van der Waals surface area contributed by atoms with Crippen LogP contribution >= 0.6 is 0 Å². The number of amides is 1. The molecule has 1 fully saturated rings. The zero-order valence-corrected chi connectivity index (χ0v) is 11.6. The monoisotopic (exact) mass is 269 g/mol. The lowest BCUT2D eigenvalue weighted by atomic mass is 9.97. The first-order valence-corrected chi connectivity index (χ1v) is 6.88. The van der Waals surface area contributed by atoms with Crippen LogP contribution < -0.4 is 0 Å². The molecule has 1 heterocycles. The molecule has 1 aliphatic rings. The summed E-state index contributed by atoms with van der Waals surface area (Å²) in [6, 6.07) is 0. The van der Waals surface area contributed by atoms with Gasteiger partial charge in [-0.2, -0.15) is 0 Å². The lowest BCUT2D eigenvalue weighted by molar-refractivity contribution is -0.150. The second-order valence-corrected chi connectivity index (χ2v) is 4.65. The van der Waals surface area contributed by atoms with Crippen molar-refractivity contribution in [2.24, 2.45) is 5.92 Å². The van der Waals surface area contributed by atoms with Gasteiger partial charge in [-0.05, 0) is 19.3 Å². The highest BCUT2D eigenvalue weighted by atomic mass is 16.6. The Morgan fingerprint density at radius 1 is 1.32 bits per heavy atom. The van der Waals surface area contributed by atoms with Gasteiger partial charge < -0.3 is 14.4 Å². The largest absolute Gasteiger partial charge is 0.465 e. The maximum Gasteiger partial charge on any atom is 0.410 e. The van der Waals surface area contributed by atoms with Gasteiger partial charge in [0.15, 0.2) is 0 Å². The van der Waals surface area contributed by atoms with Gasteiger partial charge in [0.2, 0.25) is 0 Å². The van der Waals surface area contributed by atoms with E-state index in [4.69, 9.17) is 9.47 Å². The Kier molecular flexibility index (Phi) is 7.00. The van der Waals surface area contributed by atoms with Crippen LogP contribution in [0.2, 0.25) is 0 Å². The summed E-state index contributed by atoms with van der Waals surface area (Å²) >= 11 is 0. The van der Waals surface area contributed by atoms with Gasteiger partial charge in [-0.25, -0.2) is 4.79 Å². The molecule has 0 aliphatic carbocycles. The highest BCUT2D eigenvalue weighted by Crippen LogP contribution is 2.19. The molecule has 0 atom stereocenters. The normalized spacial score (nSPS) is 15.9. The molecule has 1 aliphatic heterocycles. The molecule has 108 valence electrons. The Morgan fingerprint density at radius 2 is 2.00 bits per heavy atom. The summed E-state index contributed by atoms with van der Waals surface area (Å²) in [6.45, 7) is 7.36.